The second-order valence-corrected chi connectivity index (χ2v) is 2.22. The van der Waals surface area contributed by atoms with Crippen LogP contribution in [-0.4, -0.2) is 11.6 Å². The molecule has 0 aliphatic heterocycles. The van der Waals surface area contributed by atoms with Crippen LogP contribution in [0.25, 0.3) is 0 Å². The van der Waals surface area contributed by atoms with Gasteiger partial charge in [-0.1, -0.05) is 34.6 Å². The lowest BCUT2D eigenvalue weighted by atomic mass is 10.6. The van der Waals surface area contributed by atoms with Gasteiger partial charge in [-0.15, -0.1) is 11.8 Å². The van der Waals surface area contributed by atoms with Crippen LogP contribution in [0.4, 0.5) is 0 Å². The Labute approximate surface area is 70.8 Å². The molecule has 0 atom stereocenters. The first-order chi connectivity index (χ1) is 4.91. The van der Waals surface area contributed by atoms with E-state index in [4.69, 9.17) is 5.73 Å². The molecule has 2 heteroatoms. The molecular formula is C8H23NS. The van der Waals surface area contributed by atoms with Crippen LogP contribution in [-0.2, 0) is 0 Å². The minimum absolute atomic E-state index is 0.772. The molecule has 0 aromatic carbocycles. The first kappa shape index (κ1) is 16.7. The molecule has 10 heavy (non-hydrogen) atoms. The summed E-state index contributed by atoms with van der Waals surface area (Å²) >= 11 is 1.79. The van der Waals surface area contributed by atoms with E-state index >= 15 is 0 Å². The Morgan fingerprint density at radius 1 is 1.10 bits per heavy atom. The Morgan fingerprint density at radius 3 is 1.60 bits per heavy atom. The lowest BCUT2D eigenvalue weighted by molar-refractivity contribution is 1.10. The highest BCUT2D eigenvalue weighted by Gasteiger charge is 1.74. The molecule has 0 saturated heterocycles. The van der Waals surface area contributed by atoms with Gasteiger partial charge in [-0.25, -0.2) is 0 Å². The summed E-state index contributed by atoms with van der Waals surface area (Å²) in [6, 6.07) is 0. The van der Waals surface area contributed by atoms with Crippen LogP contribution in [0.15, 0.2) is 0 Å². The fourth-order valence-electron chi connectivity index (χ4n) is 0.228. The van der Waals surface area contributed by atoms with Gasteiger partial charge in [-0.05, 0) is 12.2 Å². The zero-order valence-electron chi connectivity index (χ0n) is 8.11. The average Bonchev–Trinajstić information content (AvgIpc) is 2.08. The van der Waals surface area contributed by atoms with E-state index in [0.29, 0.717) is 0 Å². The van der Waals surface area contributed by atoms with Gasteiger partial charge in [0.15, 0.2) is 0 Å². The Morgan fingerprint density at radius 2 is 1.50 bits per heavy atom. The number of rotatable bonds is 3. The molecule has 0 unspecified atom stereocenters. The summed E-state index contributed by atoms with van der Waals surface area (Å²) < 4.78 is 0. The predicted molar refractivity (Wildman–Crippen MR) is 54.5 cm³/mol. The van der Waals surface area contributed by atoms with Crippen molar-refractivity contribution in [2.75, 3.05) is 11.6 Å². The van der Waals surface area contributed by atoms with Gasteiger partial charge in [0, 0.05) is 5.88 Å². The molecule has 0 aromatic rings. The van der Waals surface area contributed by atoms with E-state index in [0.717, 1.165) is 5.88 Å². The molecular weight excluding hydrogens is 142 g/mol. The second kappa shape index (κ2) is 34.6. The number of nitrogens with two attached hydrogens (primary N) is 1. The number of thioether (sulfide) groups is 1. The molecule has 2 N–H and O–H groups in total. The number of hydrogen-bond acceptors (Lipinski definition) is 2. The fraction of sp³-hybridized carbons (Fsp3) is 1.00. The Bertz CT molecular complexity index is 21.2. The molecule has 0 radical (unpaired) electrons. The zero-order chi connectivity index (χ0) is 8.83. The quantitative estimate of drug-likeness (QED) is 0.514. The first-order valence-corrected chi connectivity index (χ1v) is 5.35. The van der Waals surface area contributed by atoms with Gasteiger partial charge in [0.2, 0.25) is 0 Å². The lowest BCUT2D eigenvalue weighted by Crippen LogP contribution is -1.92. The average molecular weight is 165 g/mol. The third-order valence-electron chi connectivity index (χ3n) is 0.466. The van der Waals surface area contributed by atoms with Gasteiger partial charge in [0.25, 0.3) is 0 Å². The lowest BCUT2D eigenvalue weighted by Gasteiger charge is -1.87. The minimum Gasteiger partial charge on any atom is -0.322 e. The molecule has 0 fully saturated rings. The molecule has 0 amide bonds. The van der Waals surface area contributed by atoms with Gasteiger partial charge in [-0.2, -0.15) is 0 Å². The summed E-state index contributed by atoms with van der Waals surface area (Å²) in [5, 5.41) is 0. The summed E-state index contributed by atoms with van der Waals surface area (Å²) in [7, 11) is 0. The molecule has 0 spiro atoms. The Hall–Kier alpha value is 0.310. The van der Waals surface area contributed by atoms with E-state index < -0.39 is 0 Å². The molecule has 0 rings (SSSR count). The van der Waals surface area contributed by atoms with Gasteiger partial charge >= 0.3 is 0 Å². The van der Waals surface area contributed by atoms with E-state index in [1.165, 1.54) is 12.2 Å². The van der Waals surface area contributed by atoms with Crippen LogP contribution < -0.4 is 5.73 Å². The van der Waals surface area contributed by atoms with Crippen molar-refractivity contribution in [1.82, 2.24) is 0 Å². The van der Waals surface area contributed by atoms with Gasteiger partial charge in [0.05, 0.1) is 0 Å². The Balaban J connectivity index is -0.000000105. The van der Waals surface area contributed by atoms with Crippen molar-refractivity contribution in [3.8, 4) is 0 Å². The molecule has 0 aromatic heterocycles. The van der Waals surface area contributed by atoms with E-state index in [1.54, 1.807) is 11.8 Å². The summed E-state index contributed by atoms with van der Waals surface area (Å²) in [5.41, 5.74) is 5.18. The van der Waals surface area contributed by atoms with E-state index in [1.807, 2.05) is 27.7 Å². The van der Waals surface area contributed by atoms with Crippen molar-refractivity contribution in [2.45, 2.75) is 41.0 Å². The smallest absolute Gasteiger partial charge is 0.0392 e. The predicted octanol–water partition coefficient (Wildman–Crippen LogP) is 3.10. The normalized spacial score (nSPS) is 6.60. The molecule has 0 aliphatic carbocycles. The zero-order valence-corrected chi connectivity index (χ0v) is 8.92. The molecule has 0 bridgehead atoms. The van der Waals surface area contributed by atoms with Crippen molar-refractivity contribution in [3.63, 3.8) is 0 Å². The van der Waals surface area contributed by atoms with Gasteiger partial charge < -0.3 is 5.73 Å². The highest BCUT2D eigenvalue weighted by molar-refractivity contribution is 7.99. The maximum absolute atomic E-state index is 5.18. The van der Waals surface area contributed by atoms with E-state index in [-0.39, 0.29) is 0 Å². The highest BCUT2D eigenvalue weighted by Crippen LogP contribution is 1.95. The van der Waals surface area contributed by atoms with Crippen molar-refractivity contribution in [1.29, 1.82) is 0 Å². The van der Waals surface area contributed by atoms with Crippen LogP contribution in [0.1, 0.15) is 41.0 Å². The van der Waals surface area contributed by atoms with Gasteiger partial charge in [0.1, 0.15) is 0 Å². The van der Waals surface area contributed by atoms with Crippen LogP contribution in [0.5, 0.6) is 0 Å². The van der Waals surface area contributed by atoms with Gasteiger partial charge in [-0.3, -0.25) is 0 Å². The SMILES string of the molecule is CC.CC.CCCSCN. The van der Waals surface area contributed by atoms with E-state index in [9.17, 15) is 0 Å². The van der Waals surface area contributed by atoms with Crippen LogP contribution in [0.2, 0.25) is 0 Å². The topological polar surface area (TPSA) is 26.0 Å². The third-order valence-corrected chi connectivity index (χ3v) is 1.40. The maximum Gasteiger partial charge on any atom is 0.0392 e. The van der Waals surface area contributed by atoms with Crippen molar-refractivity contribution < 1.29 is 0 Å². The van der Waals surface area contributed by atoms with Crippen LogP contribution >= 0.6 is 11.8 Å². The van der Waals surface area contributed by atoms with Crippen LogP contribution in [0, 0.1) is 0 Å². The molecule has 0 saturated carbocycles. The van der Waals surface area contributed by atoms with Crippen LogP contribution in [0.3, 0.4) is 0 Å². The summed E-state index contributed by atoms with van der Waals surface area (Å²) in [6.45, 7) is 10.2. The summed E-state index contributed by atoms with van der Waals surface area (Å²) in [4.78, 5) is 0. The highest BCUT2D eigenvalue weighted by atomic mass is 32.2. The van der Waals surface area contributed by atoms with E-state index in [2.05, 4.69) is 6.92 Å². The van der Waals surface area contributed by atoms with Crippen molar-refractivity contribution in [2.24, 2.45) is 5.73 Å². The standard InChI is InChI=1S/C4H11NS.2C2H6/c1-2-3-6-4-5;2*1-2/h2-5H2,1H3;2*1-2H3. The molecule has 1 nitrogen and oxygen atoms in total. The van der Waals surface area contributed by atoms with Crippen molar-refractivity contribution in [3.05, 3.63) is 0 Å². The fourth-order valence-corrected chi connectivity index (χ4v) is 0.683. The maximum atomic E-state index is 5.18. The summed E-state index contributed by atoms with van der Waals surface area (Å²) in [5.74, 6) is 1.98. The monoisotopic (exact) mass is 165 g/mol. The minimum atomic E-state index is 0.772. The largest absolute Gasteiger partial charge is 0.322 e. The first-order valence-electron chi connectivity index (χ1n) is 4.19. The van der Waals surface area contributed by atoms with Crippen molar-refractivity contribution >= 4 is 11.8 Å². The second-order valence-electron chi connectivity index (χ2n) is 1.07. The number of hydrogen-bond donors (Lipinski definition) is 1. The Kier molecular flexibility index (Phi) is 57.9. The molecule has 0 heterocycles. The summed E-state index contributed by atoms with van der Waals surface area (Å²) in [6.07, 6.45) is 1.24. The third kappa shape index (κ3) is 40.5. The molecule has 0 aliphatic rings. The molecule has 66 valence electrons.